The van der Waals surface area contributed by atoms with E-state index in [0.717, 1.165) is 29.4 Å². The number of nitrogens with zero attached hydrogens (tertiary/aromatic N) is 1. The molecule has 1 amide bonds. The van der Waals surface area contributed by atoms with E-state index in [1.165, 1.54) is 0 Å². The number of piperidine rings is 1. The predicted molar refractivity (Wildman–Crippen MR) is 112 cm³/mol. The van der Waals surface area contributed by atoms with Crippen molar-refractivity contribution in [2.45, 2.75) is 19.4 Å². The Morgan fingerprint density at radius 2 is 1.96 bits per heavy atom. The molecule has 0 aromatic heterocycles. The summed E-state index contributed by atoms with van der Waals surface area (Å²) in [7, 11) is 0. The van der Waals surface area contributed by atoms with Crippen LogP contribution in [0.2, 0.25) is 15.1 Å². The number of halogens is 4. The van der Waals surface area contributed by atoms with Gasteiger partial charge in [0.05, 0.1) is 10.9 Å². The van der Waals surface area contributed by atoms with Crippen LogP contribution in [-0.4, -0.2) is 23.9 Å². The summed E-state index contributed by atoms with van der Waals surface area (Å²) in [4.78, 5) is 14.9. The first-order chi connectivity index (χ1) is 12.4. The summed E-state index contributed by atoms with van der Waals surface area (Å²) in [6.45, 7) is 2.37. The number of amides is 1. The Labute approximate surface area is 176 Å². The topological polar surface area (TPSA) is 32.3 Å². The summed E-state index contributed by atoms with van der Waals surface area (Å²) in [5.41, 5.74) is 1.73. The second-order valence-electron chi connectivity index (χ2n) is 6.43. The van der Waals surface area contributed by atoms with Crippen molar-refractivity contribution < 1.29 is 4.79 Å². The van der Waals surface area contributed by atoms with Gasteiger partial charge in [0.1, 0.15) is 0 Å². The first-order valence-corrected chi connectivity index (χ1v) is 10.3. The lowest BCUT2D eigenvalue weighted by Gasteiger charge is -2.32. The third kappa shape index (κ3) is 5.14. The molecule has 0 saturated carbocycles. The molecule has 0 aliphatic carbocycles. The third-order valence-corrected chi connectivity index (χ3v) is 6.29. The lowest BCUT2D eigenvalue weighted by Crippen LogP contribution is -2.40. The number of hydrogen-bond donors (Lipinski definition) is 1. The zero-order chi connectivity index (χ0) is 18.7. The minimum Gasteiger partial charge on any atom is -0.326 e. The predicted octanol–water partition coefficient (Wildman–Crippen LogP) is 6.26. The van der Waals surface area contributed by atoms with E-state index in [1.807, 2.05) is 24.3 Å². The molecule has 138 valence electrons. The quantitative estimate of drug-likeness (QED) is 0.565. The van der Waals surface area contributed by atoms with E-state index < -0.39 is 0 Å². The molecular weight excluding hydrogens is 458 g/mol. The first-order valence-electron chi connectivity index (χ1n) is 8.34. The van der Waals surface area contributed by atoms with E-state index >= 15 is 0 Å². The smallest absolute Gasteiger partial charge is 0.228 e. The van der Waals surface area contributed by atoms with Gasteiger partial charge in [-0.3, -0.25) is 9.69 Å². The minimum absolute atomic E-state index is 0.0234. The molecule has 0 bridgehead atoms. The molecule has 1 unspecified atom stereocenters. The van der Waals surface area contributed by atoms with Crippen LogP contribution in [0.4, 0.5) is 5.69 Å². The number of benzene rings is 2. The van der Waals surface area contributed by atoms with Gasteiger partial charge in [0.2, 0.25) is 5.91 Å². The minimum atomic E-state index is -0.0581. The van der Waals surface area contributed by atoms with Crippen molar-refractivity contribution in [3.05, 3.63) is 61.5 Å². The van der Waals surface area contributed by atoms with E-state index in [9.17, 15) is 4.79 Å². The van der Waals surface area contributed by atoms with Crippen LogP contribution in [0.3, 0.4) is 0 Å². The fraction of sp³-hybridized carbons (Fsp3) is 0.316. The zero-order valence-corrected chi connectivity index (χ0v) is 17.8. The number of likely N-dealkylation sites (tertiary alicyclic amines) is 1. The molecule has 1 fully saturated rings. The van der Waals surface area contributed by atoms with Crippen molar-refractivity contribution in [2.75, 3.05) is 18.4 Å². The fourth-order valence-corrected chi connectivity index (χ4v) is 4.02. The number of nitrogens with one attached hydrogen (secondary N) is 1. The van der Waals surface area contributed by atoms with Gasteiger partial charge in [0, 0.05) is 33.3 Å². The number of carbonyl (C=O) groups excluding carboxylic acids is 1. The van der Waals surface area contributed by atoms with E-state index in [4.69, 9.17) is 34.8 Å². The maximum Gasteiger partial charge on any atom is 0.228 e. The van der Waals surface area contributed by atoms with Crippen LogP contribution in [0, 0.1) is 5.92 Å². The maximum absolute atomic E-state index is 12.6. The van der Waals surface area contributed by atoms with Crippen molar-refractivity contribution >= 4 is 62.3 Å². The zero-order valence-electron chi connectivity index (χ0n) is 13.9. The van der Waals surface area contributed by atoms with Crippen LogP contribution in [0.25, 0.3) is 0 Å². The first kappa shape index (κ1) is 20.0. The van der Waals surface area contributed by atoms with Crippen LogP contribution in [-0.2, 0) is 11.3 Å². The second kappa shape index (κ2) is 8.94. The Bertz CT molecular complexity index is 815. The number of hydrogen-bond acceptors (Lipinski definition) is 2. The molecule has 1 heterocycles. The highest BCUT2D eigenvalue weighted by Gasteiger charge is 2.26. The highest BCUT2D eigenvalue weighted by atomic mass is 79.9. The molecule has 1 N–H and O–H groups in total. The SMILES string of the molecule is O=C(Nc1ccc(Br)c(Cl)c1)C1CCCN(Cc2ccc(Cl)cc2Cl)C1. The van der Waals surface area contributed by atoms with Gasteiger partial charge < -0.3 is 5.32 Å². The Kier molecular flexibility index (Phi) is 6.87. The van der Waals surface area contributed by atoms with Gasteiger partial charge in [0.15, 0.2) is 0 Å². The Balaban J connectivity index is 1.62. The van der Waals surface area contributed by atoms with Crippen LogP contribution in [0.5, 0.6) is 0 Å². The fourth-order valence-electron chi connectivity index (χ4n) is 3.12. The van der Waals surface area contributed by atoms with E-state index in [-0.39, 0.29) is 11.8 Å². The normalized spacial score (nSPS) is 17.9. The summed E-state index contributed by atoms with van der Waals surface area (Å²) < 4.78 is 0.806. The van der Waals surface area contributed by atoms with E-state index in [0.29, 0.717) is 33.8 Å². The molecule has 1 saturated heterocycles. The highest BCUT2D eigenvalue weighted by molar-refractivity contribution is 9.10. The van der Waals surface area contributed by atoms with Crippen LogP contribution in [0.1, 0.15) is 18.4 Å². The molecule has 2 aromatic carbocycles. The van der Waals surface area contributed by atoms with Crippen LogP contribution >= 0.6 is 50.7 Å². The summed E-state index contributed by atoms with van der Waals surface area (Å²) in [6, 6.07) is 10.9. The van der Waals surface area contributed by atoms with Gasteiger partial charge in [0.25, 0.3) is 0 Å². The largest absolute Gasteiger partial charge is 0.326 e. The third-order valence-electron chi connectivity index (χ3n) is 4.47. The molecule has 1 aliphatic rings. The average molecular weight is 477 g/mol. The standard InChI is InChI=1S/C19H18BrCl3N2O/c20-16-6-5-15(9-18(16)23)24-19(26)13-2-1-7-25(11-13)10-12-3-4-14(21)8-17(12)22/h3-6,8-9,13H,1-2,7,10-11H2,(H,24,26). The average Bonchev–Trinajstić information content (AvgIpc) is 2.61. The van der Waals surface area contributed by atoms with Gasteiger partial charge in [-0.05, 0) is 71.2 Å². The van der Waals surface area contributed by atoms with E-state index in [1.54, 1.807) is 12.1 Å². The molecule has 1 aliphatic heterocycles. The van der Waals surface area contributed by atoms with Crippen LogP contribution < -0.4 is 5.32 Å². The monoisotopic (exact) mass is 474 g/mol. The number of anilines is 1. The summed E-state index contributed by atoms with van der Waals surface area (Å²) in [5, 5.41) is 4.83. The molecule has 0 spiro atoms. The number of rotatable bonds is 4. The molecule has 26 heavy (non-hydrogen) atoms. The van der Waals surface area contributed by atoms with Crippen molar-refractivity contribution in [1.82, 2.24) is 4.90 Å². The lowest BCUT2D eigenvalue weighted by atomic mass is 9.96. The molecule has 3 rings (SSSR count). The molecular formula is C19H18BrCl3N2O. The van der Waals surface area contributed by atoms with Crippen molar-refractivity contribution in [3.8, 4) is 0 Å². The summed E-state index contributed by atoms with van der Waals surface area (Å²) in [6.07, 6.45) is 1.85. The maximum atomic E-state index is 12.6. The van der Waals surface area contributed by atoms with E-state index in [2.05, 4.69) is 26.1 Å². The lowest BCUT2D eigenvalue weighted by molar-refractivity contribution is -0.121. The number of carbonyl (C=O) groups is 1. The van der Waals surface area contributed by atoms with Crippen molar-refractivity contribution in [1.29, 1.82) is 0 Å². The molecule has 7 heteroatoms. The molecule has 2 aromatic rings. The molecule has 3 nitrogen and oxygen atoms in total. The second-order valence-corrected chi connectivity index (χ2v) is 8.53. The van der Waals surface area contributed by atoms with Gasteiger partial charge in [-0.15, -0.1) is 0 Å². The van der Waals surface area contributed by atoms with Crippen LogP contribution in [0.15, 0.2) is 40.9 Å². The van der Waals surface area contributed by atoms with Gasteiger partial charge in [-0.2, -0.15) is 0 Å². The summed E-state index contributed by atoms with van der Waals surface area (Å²) >= 11 is 21.7. The highest BCUT2D eigenvalue weighted by Crippen LogP contribution is 2.28. The Morgan fingerprint density at radius 3 is 2.69 bits per heavy atom. The molecule has 1 atom stereocenters. The Morgan fingerprint density at radius 1 is 1.15 bits per heavy atom. The van der Waals surface area contributed by atoms with Gasteiger partial charge in [-0.25, -0.2) is 0 Å². The summed E-state index contributed by atoms with van der Waals surface area (Å²) in [5.74, 6) is -0.0347. The van der Waals surface area contributed by atoms with Gasteiger partial charge >= 0.3 is 0 Å². The van der Waals surface area contributed by atoms with Crippen molar-refractivity contribution in [3.63, 3.8) is 0 Å². The van der Waals surface area contributed by atoms with Crippen molar-refractivity contribution in [2.24, 2.45) is 5.92 Å². The van der Waals surface area contributed by atoms with Gasteiger partial charge in [-0.1, -0.05) is 40.9 Å². The molecule has 0 radical (unpaired) electrons. The Hall–Kier alpha value is -0.780.